The van der Waals surface area contributed by atoms with Crippen LogP contribution >= 0.6 is 11.6 Å². The third-order valence-corrected chi connectivity index (χ3v) is 8.10. The first-order valence-corrected chi connectivity index (χ1v) is 13.0. The van der Waals surface area contributed by atoms with Crippen LogP contribution in [0.2, 0.25) is 5.02 Å². The fourth-order valence-corrected chi connectivity index (χ4v) is 6.25. The number of aromatic nitrogens is 2. The number of nitrogens with zero attached hydrogens (tertiary/aromatic N) is 5. The molecule has 8 nitrogen and oxygen atoms in total. The number of aliphatic hydroxyl groups excluding tert-OH is 2. The maximum Gasteiger partial charge on any atom is 0.231 e. The van der Waals surface area contributed by atoms with Crippen molar-refractivity contribution in [2.45, 2.75) is 50.2 Å². The number of piperazine rings is 1. The van der Waals surface area contributed by atoms with E-state index in [0.29, 0.717) is 44.2 Å². The van der Waals surface area contributed by atoms with Crippen molar-refractivity contribution in [3.63, 3.8) is 0 Å². The van der Waals surface area contributed by atoms with Gasteiger partial charge in [-0.2, -0.15) is 0 Å². The number of hydrogen-bond donors (Lipinski definition) is 2. The van der Waals surface area contributed by atoms with Crippen molar-refractivity contribution in [3.8, 4) is 0 Å². The van der Waals surface area contributed by atoms with Gasteiger partial charge >= 0.3 is 0 Å². The highest BCUT2D eigenvalue weighted by Gasteiger charge is 2.40. The van der Waals surface area contributed by atoms with E-state index in [1.165, 1.54) is 0 Å². The predicted octanol–water partition coefficient (Wildman–Crippen LogP) is 2.56. The van der Waals surface area contributed by atoms with Gasteiger partial charge in [0.05, 0.1) is 24.3 Å². The van der Waals surface area contributed by atoms with Crippen LogP contribution in [0.15, 0.2) is 30.6 Å². The zero-order chi connectivity index (χ0) is 24.5. The molecule has 0 saturated carbocycles. The van der Waals surface area contributed by atoms with E-state index in [1.54, 1.807) is 6.33 Å². The van der Waals surface area contributed by atoms with Gasteiger partial charge in [0.1, 0.15) is 12.1 Å². The van der Waals surface area contributed by atoms with Crippen molar-refractivity contribution in [1.82, 2.24) is 19.8 Å². The molecule has 0 radical (unpaired) electrons. The summed E-state index contributed by atoms with van der Waals surface area (Å²) < 4.78 is 0. The van der Waals surface area contributed by atoms with Crippen LogP contribution in [0.3, 0.4) is 0 Å². The molecule has 2 fully saturated rings. The highest BCUT2D eigenvalue weighted by atomic mass is 35.5. The van der Waals surface area contributed by atoms with Crippen LogP contribution in [0.4, 0.5) is 5.82 Å². The van der Waals surface area contributed by atoms with E-state index >= 15 is 0 Å². The summed E-state index contributed by atoms with van der Waals surface area (Å²) >= 11 is 6.15. The Bertz CT molecular complexity index is 1040. The van der Waals surface area contributed by atoms with Crippen molar-refractivity contribution in [1.29, 1.82) is 0 Å². The van der Waals surface area contributed by atoms with E-state index in [-0.39, 0.29) is 30.4 Å². The molecule has 35 heavy (non-hydrogen) atoms. The standard InChI is InChI=1S/C26H34ClN5O3/c1-17-15-21(34)24-22(17)25(29-16-28-24)31-9-11-32(12-10-31)26(35)23(18-4-6-19(27)7-5-18)20-3-2-8-30(20)13-14-33/h4-7,16-17,20-21,23,33-34H,2-3,8-15H2,1H3/t17-,20+,21-,23+/m1/s1. The summed E-state index contributed by atoms with van der Waals surface area (Å²) in [5.74, 6) is 0.959. The molecular formula is C26H34ClN5O3. The third kappa shape index (κ3) is 4.77. The number of likely N-dealkylation sites (tertiary alicyclic amines) is 1. The van der Waals surface area contributed by atoms with Crippen LogP contribution in [0.5, 0.6) is 0 Å². The Morgan fingerprint density at radius 1 is 1.14 bits per heavy atom. The molecule has 1 aliphatic carbocycles. The van der Waals surface area contributed by atoms with E-state index in [2.05, 4.69) is 26.7 Å². The van der Waals surface area contributed by atoms with E-state index in [4.69, 9.17) is 11.6 Å². The average Bonchev–Trinajstić information content (AvgIpc) is 3.44. The fraction of sp³-hybridized carbons (Fsp3) is 0.577. The first-order chi connectivity index (χ1) is 17.0. The van der Waals surface area contributed by atoms with Gasteiger partial charge in [-0.15, -0.1) is 0 Å². The second kappa shape index (κ2) is 10.4. The maximum absolute atomic E-state index is 14.0. The number of carbonyl (C=O) groups excluding carboxylic acids is 1. The van der Waals surface area contributed by atoms with E-state index in [9.17, 15) is 15.0 Å². The number of halogens is 1. The zero-order valence-electron chi connectivity index (χ0n) is 20.2. The molecular weight excluding hydrogens is 466 g/mol. The van der Waals surface area contributed by atoms with Gasteiger partial charge in [-0.3, -0.25) is 9.69 Å². The van der Waals surface area contributed by atoms with Crippen molar-refractivity contribution in [2.24, 2.45) is 0 Å². The molecule has 1 aromatic carbocycles. The summed E-state index contributed by atoms with van der Waals surface area (Å²) in [6.07, 6.45) is 3.65. The van der Waals surface area contributed by atoms with Crippen LogP contribution in [0.1, 0.15) is 60.9 Å². The summed E-state index contributed by atoms with van der Waals surface area (Å²) in [6, 6.07) is 7.71. The molecule has 0 spiro atoms. The quantitative estimate of drug-likeness (QED) is 0.631. The maximum atomic E-state index is 14.0. The number of rotatable bonds is 6. The topological polar surface area (TPSA) is 93.0 Å². The van der Waals surface area contributed by atoms with Gasteiger partial charge < -0.3 is 20.0 Å². The van der Waals surface area contributed by atoms with E-state index < -0.39 is 6.10 Å². The molecule has 3 heterocycles. The van der Waals surface area contributed by atoms with Gasteiger partial charge in [0, 0.05) is 49.4 Å². The van der Waals surface area contributed by atoms with Gasteiger partial charge in [0.2, 0.25) is 5.91 Å². The average molecular weight is 500 g/mol. The minimum Gasteiger partial charge on any atom is -0.395 e. The Hall–Kier alpha value is -2.26. The van der Waals surface area contributed by atoms with Crippen LogP contribution in [-0.2, 0) is 4.79 Å². The molecule has 4 atom stereocenters. The normalized spacial score (nSPS) is 25.7. The summed E-state index contributed by atoms with van der Waals surface area (Å²) in [7, 11) is 0. The molecule has 5 rings (SSSR count). The van der Waals surface area contributed by atoms with Crippen molar-refractivity contribution in [2.75, 3.05) is 50.8 Å². The Balaban J connectivity index is 1.34. The van der Waals surface area contributed by atoms with Crippen LogP contribution in [0, 0.1) is 0 Å². The Labute approximate surface area is 211 Å². The van der Waals surface area contributed by atoms with Crippen LogP contribution in [0.25, 0.3) is 0 Å². The minimum absolute atomic E-state index is 0.0707. The number of amides is 1. The van der Waals surface area contributed by atoms with Gasteiger partial charge in [-0.1, -0.05) is 30.7 Å². The Morgan fingerprint density at radius 2 is 1.89 bits per heavy atom. The van der Waals surface area contributed by atoms with Crippen LogP contribution < -0.4 is 4.90 Å². The molecule has 2 N–H and O–H groups in total. The summed E-state index contributed by atoms with van der Waals surface area (Å²) in [6.45, 7) is 6.30. The van der Waals surface area contributed by atoms with Crippen molar-refractivity contribution in [3.05, 3.63) is 52.4 Å². The van der Waals surface area contributed by atoms with E-state index in [1.807, 2.05) is 29.2 Å². The summed E-state index contributed by atoms with van der Waals surface area (Å²) in [5, 5.41) is 20.6. The number of benzene rings is 1. The zero-order valence-corrected chi connectivity index (χ0v) is 20.9. The Morgan fingerprint density at radius 3 is 2.60 bits per heavy atom. The number of carbonyl (C=O) groups is 1. The molecule has 188 valence electrons. The fourth-order valence-electron chi connectivity index (χ4n) is 6.12. The lowest BCUT2D eigenvalue weighted by Crippen LogP contribution is -2.53. The molecule has 2 aliphatic heterocycles. The molecule has 0 unspecified atom stereocenters. The lowest BCUT2D eigenvalue weighted by molar-refractivity contribution is -0.134. The van der Waals surface area contributed by atoms with Crippen LogP contribution in [-0.4, -0.2) is 87.8 Å². The largest absolute Gasteiger partial charge is 0.395 e. The number of aliphatic hydroxyl groups is 2. The van der Waals surface area contributed by atoms with Gasteiger partial charge in [0.15, 0.2) is 0 Å². The summed E-state index contributed by atoms with van der Waals surface area (Å²) in [4.78, 5) is 29.3. The monoisotopic (exact) mass is 499 g/mol. The molecule has 2 aromatic rings. The lowest BCUT2D eigenvalue weighted by Gasteiger charge is -2.40. The SMILES string of the molecule is C[C@@H]1C[C@@H](O)c2ncnc(N3CCN(C(=O)[C@@H](c4ccc(Cl)cc4)[C@@H]4CCCN4CCO)CC3)c21. The molecule has 0 bridgehead atoms. The molecule has 9 heteroatoms. The van der Waals surface area contributed by atoms with Gasteiger partial charge in [-0.25, -0.2) is 9.97 Å². The minimum atomic E-state index is -0.530. The number of hydrogen-bond acceptors (Lipinski definition) is 7. The molecule has 3 aliphatic rings. The third-order valence-electron chi connectivity index (χ3n) is 7.85. The number of β-amino-alcohol motifs (C(OH)–C–C–N with tert-alkyl or cyclic N) is 1. The predicted molar refractivity (Wildman–Crippen MR) is 135 cm³/mol. The van der Waals surface area contributed by atoms with Gasteiger partial charge in [0.25, 0.3) is 0 Å². The molecule has 1 amide bonds. The lowest BCUT2D eigenvalue weighted by atomic mass is 9.88. The highest BCUT2D eigenvalue weighted by molar-refractivity contribution is 6.30. The summed E-state index contributed by atoms with van der Waals surface area (Å²) in [5.41, 5.74) is 2.77. The molecule has 2 saturated heterocycles. The first kappa shape index (κ1) is 24.4. The number of fused-ring (bicyclic) bond motifs is 1. The smallest absolute Gasteiger partial charge is 0.231 e. The second-order valence-electron chi connectivity index (χ2n) is 9.96. The first-order valence-electron chi connectivity index (χ1n) is 12.6. The van der Waals surface area contributed by atoms with Crippen molar-refractivity contribution >= 4 is 23.3 Å². The second-order valence-corrected chi connectivity index (χ2v) is 10.4. The van der Waals surface area contributed by atoms with Crippen molar-refractivity contribution < 1.29 is 15.0 Å². The Kier molecular flexibility index (Phi) is 7.25. The number of anilines is 1. The molecule has 1 aromatic heterocycles. The van der Waals surface area contributed by atoms with Gasteiger partial charge in [-0.05, 0) is 49.4 Å². The van der Waals surface area contributed by atoms with E-state index in [0.717, 1.165) is 42.0 Å². The highest BCUT2D eigenvalue weighted by Crippen LogP contribution is 2.43.